The third-order valence-corrected chi connectivity index (χ3v) is 14.1. The van der Waals surface area contributed by atoms with Crippen molar-refractivity contribution in [2.75, 3.05) is 0 Å². The third-order valence-electron chi connectivity index (χ3n) is 14.1. The molecule has 0 heteroatoms. The van der Waals surface area contributed by atoms with Gasteiger partial charge in [-0.3, -0.25) is 0 Å². The van der Waals surface area contributed by atoms with Crippen LogP contribution < -0.4 is 0 Å². The van der Waals surface area contributed by atoms with E-state index in [0.29, 0.717) is 11.8 Å². The molecule has 0 nitrogen and oxygen atoms in total. The second-order valence-corrected chi connectivity index (χ2v) is 17.5. The molecule has 0 aliphatic heterocycles. The predicted octanol–water partition coefficient (Wildman–Crippen LogP) is 16.7. The maximum atomic E-state index is 2.49. The van der Waals surface area contributed by atoms with Crippen LogP contribution in [0.4, 0.5) is 0 Å². The number of hydrogen-bond acceptors (Lipinski definition) is 0. The molecule has 0 N–H and O–H groups in total. The van der Waals surface area contributed by atoms with Gasteiger partial charge in [0.05, 0.1) is 0 Å². The molecule has 0 aromatic heterocycles. The summed E-state index contributed by atoms with van der Waals surface area (Å²) in [6.45, 7) is 9.24. The minimum absolute atomic E-state index is 0.478. The Balaban J connectivity index is 1.07. The smallest absolute Gasteiger partial charge is 0.00139 e. The van der Waals surface area contributed by atoms with Gasteiger partial charge in [0.25, 0.3) is 0 Å². The molecule has 14 aromatic carbocycles. The molecule has 0 aliphatic carbocycles. The Morgan fingerprint density at radius 2 is 0.464 bits per heavy atom. The molecule has 14 aromatic rings. The van der Waals surface area contributed by atoms with Crippen LogP contribution in [0.25, 0.3) is 140 Å². The summed E-state index contributed by atoms with van der Waals surface area (Å²) in [7, 11) is 0. The van der Waals surface area contributed by atoms with Gasteiger partial charge >= 0.3 is 0 Å². The zero-order valence-corrected chi connectivity index (χ0v) is 31.9. The Hall–Kier alpha value is -6.50. The molecule has 0 heterocycles. The summed E-state index contributed by atoms with van der Waals surface area (Å²) in [5.41, 5.74) is 2.86. The Kier molecular flexibility index (Phi) is 5.23. The second kappa shape index (κ2) is 9.83. The van der Waals surface area contributed by atoms with Crippen molar-refractivity contribution >= 4 is 140 Å². The minimum Gasteiger partial charge on any atom is -0.0610 e. The number of hydrogen-bond donors (Lipinski definition) is 0. The van der Waals surface area contributed by atoms with E-state index in [1.54, 1.807) is 0 Å². The lowest BCUT2D eigenvalue weighted by Gasteiger charge is -2.18. The first kappa shape index (κ1) is 29.8. The van der Waals surface area contributed by atoms with E-state index in [0.717, 1.165) is 0 Å². The zero-order valence-electron chi connectivity index (χ0n) is 31.9. The lowest BCUT2D eigenvalue weighted by molar-refractivity contribution is 0.877. The fraction of sp³-hybridized carbons (Fsp3) is 0.107. The molecule has 0 amide bonds. The largest absolute Gasteiger partial charge is 0.0610 e. The van der Waals surface area contributed by atoms with E-state index < -0.39 is 0 Å². The van der Waals surface area contributed by atoms with Crippen molar-refractivity contribution in [2.24, 2.45) is 0 Å². The summed E-state index contributed by atoms with van der Waals surface area (Å²) in [5.74, 6) is 0.955. The highest BCUT2D eigenvalue weighted by Gasteiger charge is 2.23. The second-order valence-electron chi connectivity index (χ2n) is 17.5. The Morgan fingerprint density at radius 1 is 0.232 bits per heavy atom. The normalized spacial score (nSPS) is 13.3. The van der Waals surface area contributed by atoms with Crippen LogP contribution in [0.2, 0.25) is 0 Å². The molecule has 56 heavy (non-hydrogen) atoms. The highest BCUT2D eigenvalue weighted by atomic mass is 14.3. The lowest BCUT2D eigenvalue weighted by atomic mass is 9.86. The average molecular weight is 709 g/mol. The van der Waals surface area contributed by atoms with Crippen LogP contribution in [0.1, 0.15) is 50.7 Å². The standard InChI is InChI=1S/C56H36/c1-27(2)31-11-13-37-41-17-21-45-49-25-30-26-50-46-22-18-42-38-14-12-32(28(3)4)34-8-6-10-36(52(34)38)40-16-20-44(56(46)54(40)42)48(50)24-29(30)23-47(49)43-19-15-39(53(41)55(43)45)35-9-5-7-33(31)51(35)37/h5-28H,1-4H3. The molecule has 0 unspecified atom stereocenters. The Labute approximate surface area is 322 Å². The maximum absolute atomic E-state index is 2.49. The quantitative estimate of drug-likeness (QED) is 0.124. The van der Waals surface area contributed by atoms with Crippen LogP contribution in [-0.2, 0) is 0 Å². The Morgan fingerprint density at radius 3 is 0.768 bits per heavy atom. The van der Waals surface area contributed by atoms with E-state index in [1.807, 2.05) is 0 Å². The van der Waals surface area contributed by atoms with Crippen LogP contribution in [0, 0.1) is 0 Å². The van der Waals surface area contributed by atoms with Crippen molar-refractivity contribution in [2.45, 2.75) is 39.5 Å². The first-order valence-corrected chi connectivity index (χ1v) is 20.4. The molecule has 0 bridgehead atoms. The summed E-state index contributed by atoms with van der Waals surface area (Å²) in [5, 5.41) is 35.7. The Bertz CT molecular complexity index is 3590. The third kappa shape index (κ3) is 3.33. The fourth-order valence-electron chi connectivity index (χ4n) is 11.8. The summed E-state index contributed by atoms with van der Waals surface area (Å²) < 4.78 is 0. The number of rotatable bonds is 2. The van der Waals surface area contributed by atoms with Crippen LogP contribution >= 0.6 is 0 Å². The molecular formula is C56H36. The predicted molar refractivity (Wildman–Crippen MR) is 247 cm³/mol. The van der Waals surface area contributed by atoms with E-state index in [-0.39, 0.29) is 0 Å². The molecular weight excluding hydrogens is 673 g/mol. The fourth-order valence-corrected chi connectivity index (χ4v) is 11.8. The zero-order chi connectivity index (χ0) is 36.9. The first-order chi connectivity index (χ1) is 27.4. The van der Waals surface area contributed by atoms with Gasteiger partial charge < -0.3 is 0 Å². The van der Waals surface area contributed by atoms with E-state index in [4.69, 9.17) is 0 Å². The molecule has 0 radical (unpaired) electrons. The lowest BCUT2D eigenvalue weighted by Crippen LogP contribution is -1.92. The van der Waals surface area contributed by atoms with E-state index >= 15 is 0 Å². The van der Waals surface area contributed by atoms with Crippen LogP contribution in [0.3, 0.4) is 0 Å². The van der Waals surface area contributed by atoms with Gasteiger partial charge in [-0.2, -0.15) is 0 Å². The summed E-state index contributed by atoms with van der Waals surface area (Å²) >= 11 is 0. The molecule has 0 fully saturated rings. The highest BCUT2D eigenvalue weighted by molar-refractivity contribution is 6.45. The molecule has 0 spiro atoms. The van der Waals surface area contributed by atoms with Gasteiger partial charge in [-0.1, -0.05) is 137 Å². The van der Waals surface area contributed by atoms with Crippen molar-refractivity contribution < 1.29 is 0 Å². The van der Waals surface area contributed by atoms with Gasteiger partial charge in [-0.15, -0.1) is 0 Å². The monoisotopic (exact) mass is 708 g/mol. The first-order valence-electron chi connectivity index (χ1n) is 20.4. The van der Waals surface area contributed by atoms with Crippen molar-refractivity contribution in [3.8, 4) is 0 Å². The van der Waals surface area contributed by atoms with Crippen molar-refractivity contribution in [1.29, 1.82) is 0 Å². The van der Waals surface area contributed by atoms with Crippen LogP contribution in [-0.4, -0.2) is 0 Å². The van der Waals surface area contributed by atoms with Gasteiger partial charge in [0.15, 0.2) is 0 Å². The van der Waals surface area contributed by atoms with Gasteiger partial charge in [0, 0.05) is 0 Å². The van der Waals surface area contributed by atoms with Gasteiger partial charge in [0.2, 0.25) is 0 Å². The summed E-state index contributed by atoms with van der Waals surface area (Å²) in [4.78, 5) is 0. The van der Waals surface area contributed by atoms with Crippen LogP contribution in [0.15, 0.2) is 133 Å². The molecule has 0 atom stereocenters. The van der Waals surface area contributed by atoms with Crippen molar-refractivity contribution in [3.63, 3.8) is 0 Å². The maximum Gasteiger partial charge on any atom is -0.00139 e. The van der Waals surface area contributed by atoms with E-state index in [1.165, 1.54) is 151 Å². The highest BCUT2D eigenvalue weighted by Crippen LogP contribution is 2.51. The molecule has 260 valence electrons. The number of fused-ring (bicyclic) bond motifs is 11. The molecule has 0 saturated carbocycles. The van der Waals surface area contributed by atoms with Crippen LogP contribution in [0.5, 0.6) is 0 Å². The minimum atomic E-state index is 0.478. The average Bonchev–Trinajstić information content (AvgIpc) is 3.71. The molecule has 0 saturated heterocycles. The summed E-state index contributed by atoms with van der Waals surface area (Å²) in [6, 6.07) is 52.6. The topological polar surface area (TPSA) is 0 Å². The van der Waals surface area contributed by atoms with E-state index in [2.05, 4.69) is 161 Å². The van der Waals surface area contributed by atoms with Gasteiger partial charge in [-0.05, 0) is 187 Å². The SMILES string of the molecule is CC(C)c1ccc2c3ccc4c5cc6cc7c(cc6cc5c5ccc(c6cccc1c62)c3c54)c1ccc2c3cccc4c(C(C)C)ccc(c5ccc7c1c25)c43. The molecule has 14 rings (SSSR count). The van der Waals surface area contributed by atoms with Crippen molar-refractivity contribution in [1.82, 2.24) is 0 Å². The van der Waals surface area contributed by atoms with Crippen molar-refractivity contribution in [3.05, 3.63) is 145 Å². The summed E-state index contributed by atoms with van der Waals surface area (Å²) in [6.07, 6.45) is 0. The van der Waals surface area contributed by atoms with Gasteiger partial charge in [-0.25, -0.2) is 0 Å². The molecule has 0 aliphatic rings. The number of benzene rings is 12. The van der Waals surface area contributed by atoms with E-state index in [9.17, 15) is 0 Å². The van der Waals surface area contributed by atoms with Gasteiger partial charge in [0.1, 0.15) is 0 Å².